The number of hydrogen-bond acceptors (Lipinski definition) is 2. The van der Waals surface area contributed by atoms with E-state index in [0.29, 0.717) is 0 Å². The summed E-state index contributed by atoms with van der Waals surface area (Å²) in [6.45, 7) is 16.9. The Bertz CT molecular complexity index is 1190. The Kier molecular flexibility index (Phi) is 8.80. The molecule has 2 nitrogen and oxygen atoms in total. The van der Waals surface area contributed by atoms with Crippen LogP contribution < -0.4 is 10.1 Å². The van der Waals surface area contributed by atoms with Crippen LogP contribution in [0.2, 0.25) is 0 Å². The Morgan fingerprint density at radius 2 is 1.41 bits per heavy atom. The quantitative estimate of drug-likeness (QED) is 0.267. The molecule has 0 aliphatic heterocycles. The van der Waals surface area contributed by atoms with Crippen molar-refractivity contribution in [2.45, 2.75) is 90.9 Å². The summed E-state index contributed by atoms with van der Waals surface area (Å²) < 4.78 is 6.44. The van der Waals surface area contributed by atoms with Gasteiger partial charge in [0.15, 0.2) is 0 Å². The second-order valence-electron chi connectivity index (χ2n) is 12.1. The average Bonchev–Trinajstić information content (AvgIpc) is 2.90. The van der Waals surface area contributed by atoms with Crippen molar-refractivity contribution in [3.05, 3.63) is 77.4 Å². The van der Waals surface area contributed by atoms with E-state index in [-0.39, 0.29) is 10.8 Å². The number of nitrogens with one attached hydrogen (secondary N) is 1. The van der Waals surface area contributed by atoms with E-state index in [1.54, 1.807) is 0 Å². The highest BCUT2D eigenvalue weighted by molar-refractivity contribution is 5.79. The van der Waals surface area contributed by atoms with E-state index in [9.17, 15) is 0 Å². The van der Waals surface area contributed by atoms with Crippen LogP contribution in [-0.2, 0) is 17.3 Å². The second kappa shape index (κ2) is 11.9. The summed E-state index contributed by atoms with van der Waals surface area (Å²) in [5.74, 6) is 0.985. The maximum Gasteiger partial charge on any atom is 0.127 e. The zero-order valence-corrected chi connectivity index (χ0v) is 24.0. The third-order valence-corrected chi connectivity index (χ3v) is 8.32. The van der Waals surface area contributed by atoms with Crippen molar-refractivity contribution in [2.24, 2.45) is 0 Å². The van der Waals surface area contributed by atoms with Gasteiger partial charge in [-0.1, -0.05) is 96.5 Å². The van der Waals surface area contributed by atoms with E-state index in [1.165, 1.54) is 64.6 Å². The Balaban J connectivity index is 1.70. The van der Waals surface area contributed by atoms with Gasteiger partial charge < -0.3 is 10.1 Å². The summed E-state index contributed by atoms with van der Waals surface area (Å²) in [5, 5.41) is 3.53. The lowest BCUT2D eigenvalue weighted by atomic mass is 9.63. The molecule has 0 unspecified atom stereocenters. The molecule has 0 atom stereocenters. The van der Waals surface area contributed by atoms with Gasteiger partial charge in [-0.05, 0) is 102 Å². The summed E-state index contributed by atoms with van der Waals surface area (Å²) in [6.07, 6.45) is 6.95. The molecule has 0 amide bonds. The van der Waals surface area contributed by atoms with Crippen LogP contribution in [0.5, 0.6) is 5.75 Å². The van der Waals surface area contributed by atoms with Crippen LogP contribution in [0, 0.1) is 0 Å². The molecule has 0 aromatic heterocycles. The summed E-state index contributed by atoms with van der Waals surface area (Å²) in [6, 6.07) is 22.7. The Morgan fingerprint density at radius 3 is 2.16 bits per heavy atom. The molecule has 0 bridgehead atoms. The molecule has 1 aliphatic rings. The first-order valence-corrected chi connectivity index (χ1v) is 14.5. The molecule has 4 rings (SSSR count). The van der Waals surface area contributed by atoms with Gasteiger partial charge in [-0.25, -0.2) is 0 Å². The first-order valence-electron chi connectivity index (χ1n) is 14.5. The Labute approximate surface area is 225 Å². The minimum atomic E-state index is 0.179. The first kappa shape index (κ1) is 27.5. The van der Waals surface area contributed by atoms with Gasteiger partial charge in [0.25, 0.3) is 0 Å². The molecule has 1 aliphatic carbocycles. The Morgan fingerprint density at radius 1 is 0.730 bits per heavy atom. The van der Waals surface area contributed by atoms with Gasteiger partial charge in [-0.2, -0.15) is 0 Å². The predicted octanol–water partition coefficient (Wildman–Crippen LogP) is 9.09. The van der Waals surface area contributed by atoms with Crippen molar-refractivity contribution in [2.75, 3.05) is 19.7 Å². The van der Waals surface area contributed by atoms with Gasteiger partial charge in [0.1, 0.15) is 5.75 Å². The van der Waals surface area contributed by atoms with Crippen LogP contribution in [0.1, 0.15) is 90.3 Å². The maximum absolute atomic E-state index is 6.44. The smallest absolute Gasteiger partial charge is 0.127 e. The summed E-state index contributed by atoms with van der Waals surface area (Å²) >= 11 is 0. The van der Waals surface area contributed by atoms with Crippen molar-refractivity contribution < 1.29 is 4.74 Å². The molecule has 3 aromatic carbocycles. The SMILES string of the molecule is CCCCNCCCOc1ccc(-c2ccccc2CC)cc1-c1ccc2c(c1)C(C)(C)CCC2(C)C. The number of unbranched alkanes of at least 4 members (excludes halogenated alkanes) is 1. The maximum atomic E-state index is 6.44. The molecular formula is C35H47NO. The molecule has 0 fully saturated rings. The van der Waals surface area contributed by atoms with E-state index in [0.717, 1.165) is 38.3 Å². The van der Waals surface area contributed by atoms with Gasteiger partial charge >= 0.3 is 0 Å². The number of fused-ring (bicyclic) bond motifs is 1. The van der Waals surface area contributed by atoms with E-state index >= 15 is 0 Å². The molecule has 0 spiro atoms. The topological polar surface area (TPSA) is 21.3 Å². The number of rotatable bonds is 11. The average molecular weight is 498 g/mol. The van der Waals surface area contributed by atoms with Gasteiger partial charge in [-0.15, -0.1) is 0 Å². The minimum absolute atomic E-state index is 0.179. The molecular weight excluding hydrogens is 450 g/mol. The number of hydrogen-bond donors (Lipinski definition) is 1. The molecule has 0 radical (unpaired) electrons. The van der Waals surface area contributed by atoms with E-state index in [2.05, 4.69) is 108 Å². The minimum Gasteiger partial charge on any atom is -0.493 e. The molecule has 3 aromatic rings. The number of aryl methyl sites for hydroxylation is 1. The van der Waals surface area contributed by atoms with Gasteiger partial charge in [-0.3, -0.25) is 0 Å². The molecule has 0 saturated heterocycles. The van der Waals surface area contributed by atoms with Crippen LogP contribution in [0.3, 0.4) is 0 Å². The predicted molar refractivity (Wildman–Crippen MR) is 160 cm³/mol. The zero-order valence-electron chi connectivity index (χ0n) is 24.0. The van der Waals surface area contributed by atoms with Crippen LogP contribution in [0.4, 0.5) is 0 Å². The first-order chi connectivity index (χ1) is 17.8. The van der Waals surface area contributed by atoms with Crippen molar-refractivity contribution in [1.82, 2.24) is 5.32 Å². The van der Waals surface area contributed by atoms with E-state index in [4.69, 9.17) is 4.74 Å². The largest absolute Gasteiger partial charge is 0.493 e. The third kappa shape index (κ3) is 6.29. The van der Waals surface area contributed by atoms with Crippen LogP contribution in [-0.4, -0.2) is 19.7 Å². The van der Waals surface area contributed by atoms with Crippen LogP contribution >= 0.6 is 0 Å². The summed E-state index contributed by atoms with van der Waals surface area (Å²) in [4.78, 5) is 0. The third-order valence-electron chi connectivity index (χ3n) is 8.32. The summed E-state index contributed by atoms with van der Waals surface area (Å²) in [7, 11) is 0. The lowest BCUT2D eigenvalue weighted by molar-refractivity contribution is 0.309. The second-order valence-corrected chi connectivity index (χ2v) is 12.1. The van der Waals surface area contributed by atoms with E-state index in [1.807, 2.05) is 0 Å². The standard InChI is InChI=1S/C35H47NO/c1-7-9-21-36-22-12-23-37-33-18-16-27(29-14-11-10-13-26(29)8-2)24-30(33)28-15-17-31-32(25-28)35(5,6)20-19-34(31,3)4/h10-11,13-18,24-25,36H,7-9,12,19-23H2,1-6H3. The fourth-order valence-electron chi connectivity index (χ4n) is 5.72. The van der Waals surface area contributed by atoms with Gasteiger partial charge in [0.2, 0.25) is 0 Å². The van der Waals surface area contributed by atoms with Crippen LogP contribution in [0.15, 0.2) is 60.7 Å². The molecule has 1 N–H and O–H groups in total. The highest BCUT2D eigenvalue weighted by Crippen LogP contribution is 2.47. The molecule has 198 valence electrons. The monoisotopic (exact) mass is 497 g/mol. The van der Waals surface area contributed by atoms with Crippen molar-refractivity contribution >= 4 is 0 Å². The highest BCUT2D eigenvalue weighted by atomic mass is 16.5. The fraction of sp³-hybridized carbons (Fsp3) is 0.486. The normalized spacial score (nSPS) is 15.8. The van der Waals surface area contributed by atoms with Crippen molar-refractivity contribution in [1.29, 1.82) is 0 Å². The van der Waals surface area contributed by atoms with Crippen LogP contribution in [0.25, 0.3) is 22.3 Å². The highest BCUT2D eigenvalue weighted by Gasteiger charge is 2.37. The molecule has 2 heteroatoms. The van der Waals surface area contributed by atoms with Gasteiger partial charge in [0, 0.05) is 5.56 Å². The number of benzene rings is 3. The number of ether oxygens (including phenoxy) is 1. The van der Waals surface area contributed by atoms with Crippen molar-refractivity contribution in [3.63, 3.8) is 0 Å². The fourth-order valence-corrected chi connectivity index (χ4v) is 5.72. The summed E-state index contributed by atoms with van der Waals surface area (Å²) in [5.41, 5.74) is 9.81. The molecule has 37 heavy (non-hydrogen) atoms. The molecule has 0 saturated carbocycles. The van der Waals surface area contributed by atoms with Gasteiger partial charge in [0.05, 0.1) is 6.61 Å². The lowest BCUT2D eigenvalue weighted by Crippen LogP contribution is -2.33. The van der Waals surface area contributed by atoms with Crippen molar-refractivity contribution in [3.8, 4) is 28.0 Å². The molecule has 0 heterocycles. The van der Waals surface area contributed by atoms with E-state index < -0.39 is 0 Å². The zero-order chi connectivity index (χ0) is 26.5. The lowest BCUT2D eigenvalue weighted by Gasteiger charge is -2.42. The Hall–Kier alpha value is -2.58.